The number of halogens is 2. The first-order chi connectivity index (χ1) is 10.7. The molecule has 8 heteroatoms. The van der Waals surface area contributed by atoms with Gasteiger partial charge in [0.25, 0.3) is 5.91 Å². The van der Waals surface area contributed by atoms with Crippen molar-refractivity contribution in [1.82, 2.24) is 5.32 Å². The highest BCUT2D eigenvalue weighted by Crippen LogP contribution is 2.32. The molecule has 1 rings (SSSR count). The van der Waals surface area contributed by atoms with Gasteiger partial charge in [-0.2, -0.15) is 5.26 Å². The zero-order chi connectivity index (χ0) is 17.6. The standard InChI is InChI=1S/C15H14BrIN2O4/c1-8(2)19-15(22)10(6-18)3-9-4-11(16)14(12(17)5-9)23-7-13(20)21/h3-5,8H,7H2,1-2H3,(H,19,22)(H,20,21)/b10-3-. The normalized spacial score (nSPS) is 11.0. The second-order valence-corrected chi connectivity index (χ2v) is 6.81. The molecular weight excluding hydrogens is 479 g/mol. The Hall–Kier alpha value is -1.60. The fourth-order valence-electron chi connectivity index (χ4n) is 1.59. The molecule has 0 spiro atoms. The number of carboxylic acid groups (broad SMARTS) is 1. The Kier molecular flexibility index (Phi) is 7.51. The molecule has 0 fully saturated rings. The summed E-state index contributed by atoms with van der Waals surface area (Å²) < 4.78 is 6.40. The van der Waals surface area contributed by atoms with Crippen molar-refractivity contribution in [1.29, 1.82) is 5.26 Å². The lowest BCUT2D eigenvalue weighted by Gasteiger charge is -2.10. The molecule has 0 aliphatic rings. The van der Waals surface area contributed by atoms with E-state index in [1.165, 1.54) is 6.08 Å². The largest absolute Gasteiger partial charge is 0.480 e. The molecule has 122 valence electrons. The SMILES string of the molecule is CC(C)NC(=O)/C(C#N)=C\c1cc(Br)c(OCC(=O)O)c(I)c1. The molecule has 1 aromatic rings. The summed E-state index contributed by atoms with van der Waals surface area (Å²) in [5.74, 6) is -1.12. The van der Waals surface area contributed by atoms with Crippen molar-refractivity contribution < 1.29 is 19.4 Å². The predicted octanol–water partition coefficient (Wildman–Crippen LogP) is 2.95. The first kappa shape index (κ1) is 19.4. The van der Waals surface area contributed by atoms with Crippen LogP contribution in [0.15, 0.2) is 22.2 Å². The third-order valence-corrected chi connectivity index (χ3v) is 3.85. The molecule has 0 unspecified atom stereocenters. The van der Waals surface area contributed by atoms with Gasteiger partial charge in [0.1, 0.15) is 17.4 Å². The van der Waals surface area contributed by atoms with Crippen LogP contribution in [0.4, 0.5) is 0 Å². The van der Waals surface area contributed by atoms with Crippen LogP contribution in [-0.2, 0) is 9.59 Å². The van der Waals surface area contributed by atoms with Crippen LogP contribution in [0.5, 0.6) is 5.75 Å². The number of carbonyl (C=O) groups excluding carboxylic acids is 1. The number of benzene rings is 1. The van der Waals surface area contributed by atoms with Crippen LogP contribution in [0.3, 0.4) is 0 Å². The van der Waals surface area contributed by atoms with Gasteiger partial charge in [-0.25, -0.2) is 4.79 Å². The minimum atomic E-state index is -1.08. The van der Waals surface area contributed by atoms with Crippen molar-refractivity contribution in [2.45, 2.75) is 19.9 Å². The Morgan fingerprint density at radius 3 is 2.65 bits per heavy atom. The molecular formula is C15H14BrIN2O4. The molecule has 0 saturated heterocycles. The highest BCUT2D eigenvalue weighted by molar-refractivity contribution is 14.1. The van der Waals surface area contributed by atoms with Crippen LogP contribution < -0.4 is 10.1 Å². The van der Waals surface area contributed by atoms with E-state index in [4.69, 9.17) is 15.1 Å². The lowest BCUT2D eigenvalue weighted by atomic mass is 10.1. The fraction of sp³-hybridized carbons (Fsp3) is 0.267. The number of hydrogen-bond donors (Lipinski definition) is 2. The first-order valence-electron chi connectivity index (χ1n) is 6.51. The van der Waals surface area contributed by atoms with Crippen molar-refractivity contribution in [2.24, 2.45) is 0 Å². The number of aliphatic carboxylic acids is 1. The van der Waals surface area contributed by atoms with E-state index >= 15 is 0 Å². The number of carboxylic acids is 1. The Balaban J connectivity index is 3.10. The molecule has 2 N–H and O–H groups in total. The van der Waals surface area contributed by atoms with Gasteiger partial charge >= 0.3 is 5.97 Å². The number of carbonyl (C=O) groups is 2. The van der Waals surface area contributed by atoms with Crippen LogP contribution in [-0.4, -0.2) is 29.6 Å². The van der Waals surface area contributed by atoms with Crippen molar-refractivity contribution in [2.75, 3.05) is 6.61 Å². The zero-order valence-corrected chi connectivity index (χ0v) is 16.1. The maximum Gasteiger partial charge on any atom is 0.341 e. The number of amides is 1. The molecule has 23 heavy (non-hydrogen) atoms. The molecule has 0 atom stereocenters. The summed E-state index contributed by atoms with van der Waals surface area (Å²) in [5.41, 5.74) is 0.611. The van der Waals surface area contributed by atoms with Gasteiger partial charge in [0.15, 0.2) is 6.61 Å². The topological polar surface area (TPSA) is 99.4 Å². The van der Waals surface area contributed by atoms with E-state index in [-0.39, 0.29) is 11.6 Å². The van der Waals surface area contributed by atoms with E-state index in [0.717, 1.165) is 0 Å². The maximum atomic E-state index is 11.9. The van der Waals surface area contributed by atoms with Crippen LogP contribution >= 0.6 is 38.5 Å². The highest BCUT2D eigenvalue weighted by Gasteiger charge is 2.13. The number of hydrogen-bond acceptors (Lipinski definition) is 4. The van der Waals surface area contributed by atoms with E-state index in [1.807, 2.05) is 28.7 Å². The Morgan fingerprint density at radius 1 is 1.52 bits per heavy atom. The van der Waals surface area contributed by atoms with Gasteiger partial charge < -0.3 is 15.2 Å². The molecule has 0 aliphatic heterocycles. The summed E-state index contributed by atoms with van der Waals surface area (Å²) >= 11 is 5.30. The molecule has 1 aromatic carbocycles. The third-order valence-electron chi connectivity index (χ3n) is 2.46. The third kappa shape index (κ3) is 6.19. The van der Waals surface area contributed by atoms with Crippen molar-refractivity contribution >= 4 is 56.5 Å². The number of ether oxygens (including phenoxy) is 1. The van der Waals surface area contributed by atoms with Crippen LogP contribution in [0.2, 0.25) is 0 Å². The van der Waals surface area contributed by atoms with Gasteiger partial charge in [-0.3, -0.25) is 4.79 Å². The van der Waals surface area contributed by atoms with Crippen LogP contribution in [0, 0.1) is 14.9 Å². The molecule has 0 heterocycles. The van der Waals surface area contributed by atoms with E-state index < -0.39 is 18.5 Å². The number of rotatable bonds is 6. The van der Waals surface area contributed by atoms with E-state index in [0.29, 0.717) is 19.4 Å². The number of nitrogens with zero attached hydrogens (tertiary/aromatic N) is 1. The maximum absolute atomic E-state index is 11.9. The van der Waals surface area contributed by atoms with Gasteiger partial charge in [-0.1, -0.05) is 0 Å². The van der Waals surface area contributed by atoms with E-state index in [2.05, 4.69) is 21.2 Å². The molecule has 0 bridgehead atoms. The average Bonchev–Trinajstić information content (AvgIpc) is 2.42. The molecule has 0 aromatic heterocycles. The summed E-state index contributed by atoms with van der Waals surface area (Å²) in [6, 6.07) is 5.15. The fourth-order valence-corrected chi connectivity index (χ4v) is 3.36. The molecule has 0 saturated carbocycles. The van der Waals surface area contributed by atoms with Crippen molar-refractivity contribution in [3.63, 3.8) is 0 Å². The average molecular weight is 493 g/mol. The number of nitrogens with one attached hydrogen (secondary N) is 1. The summed E-state index contributed by atoms with van der Waals surface area (Å²) in [7, 11) is 0. The van der Waals surface area contributed by atoms with Crippen LogP contribution in [0.1, 0.15) is 19.4 Å². The van der Waals surface area contributed by atoms with E-state index in [1.54, 1.807) is 26.0 Å². The number of nitriles is 1. The smallest absolute Gasteiger partial charge is 0.341 e. The summed E-state index contributed by atoms with van der Waals surface area (Å²) in [6.45, 7) is 3.16. The van der Waals surface area contributed by atoms with Gasteiger partial charge in [0, 0.05) is 6.04 Å². The summed E-state index contributed by atoms with van der Waals surface area (Å²) in [5, 5.41) is 20.4. The minimum Gasteiger partial charge on any atom is -0.480 e. The summed E-state index contributed by atoms with van der Waals surface area (Å²) in [4.78, 5) is 22.5. The Morgan fingerprint density at radius 2 is 2.17 bits per heavy atom. The molecule has 0 aliphatic carbocycles. The Bertz CT molecular complexity index is 672. The lowest BCUT2D eigenvalue weighted by molar-refractivity contribution is -0.139. The molecule has 1 amide bonds. The quantitative estimate of drug-likeness (QED) is 0.361. The molecule has 0 radical (unpaired) electrons. The van der Waals surface area contributed by atoms with Gasteiger partial charge in [-0.05, 0) is 76.1 Å². The lowest BCUT2D eigenvalue weighted by Crippen LogP contribution is -2.30. The molecule has 6 nitrogen and oxygen atoms in total. The summed E-state index contributed by atoms with van der Waals surface area (Å²) in [6.07, 6.45) is 1.46. The van der Waals surface area contributed by atoms with Gasteiger partial charge in [-0.15, -0.1) is 0 Å². The second-order valence-electron chi connectivity index (χ2n) is 4.79. The predicted molar refractivity (Wildman–Crippen MR) is 96.9 cm³/mol. The van der Waals surface area contributed by atoms with Gasteiger partial charge in [0.2, 0.25) is 0 Å². The highest BCUT2D eigenvalue weighted by atomic mass is 127. The van der Waals surface area contributed by atoms with Crippen molar-refractivity contribution in [3.05, 3.63) is 31.3 Å². The van der Waals surface area contributed by atoms with Crippen molar-refractivity contribution in [3.8, 4) is 11.8 Å². The second kappa shape index (κ2) is 8.88. The monoisotopic (exact) mass is 492 g/mol. The van der Waals surface area contributed by atoms with Gasteiger partial charge in [0.05, 0.1) is 8.04 Å². The minimum absolute atomic E-state index is 0.0133. The first-order valence-corrected chi connectivity index (χ1v) is 8.38. The van der Waals surface area contributed by atoms with E-state index in [9.17, 15) is 9.59 Å². The zero-order valence-electron chi connectivity index (χ0n) is 12.4. The van der Waals surface area contributed by atoms with Crippen LogP contribution in [0.25, 0.3) is 6.08 Å². The Labute approximate surface area is 155 Å².